The van der Waals surface area contributed by atoms with Crippen LogP contribution in [0.5, 0.6) is 0 Å². The van der Waals surface area contributed by atoms with Crippen molar-refractivity contribution in [1.29, 1.82) is 0 Å². The van der Waals surface area contributed by atoms with E-state index in [1.807, 2.05) is 0 Å². The van der Waals surface area contributed by atoms with Crippen molar-refractivity contribution >= 4 is 17.4 Å². The van der Waals surface area contributed by atoms with Crippen LogP contribution in [0.4, 0.5) is 5.82 Å². The molecule has 0 aliphatic carbocycles. The summed E-state index contributed by atoms with van der Waals surface area (Å²) in [5, 5.41) is 10.4. The minimum atomic E-state index is -0.557. The maximum Gasteiger partial charge on any atom is 0.356 e. The molecule has 1 rings (SSSR count). The lowest BCUT2D eigenvalue weighted by atomic mass is 10.4. The highest BCUT2D eigenvalue weighted by Gasteiger charge is 2.15. The summed E-state index contributed by atoms with van der Waals surface area (Å²) in [6.07, 6.45) is 0. The number of nitrogens with zero attached hydrogens (tertiary/aromatic N) is 2. The van der Waals surface area contributed by atoms with Crippen LogP contribution in [0.3, 0.4) is 0 Å². The molecule has 0 saturated carbocycles. The van der Waals surface area contributed by atoms with E-state index in [0.29, 0.717) is 5.82 Å². The average Bonchev–Trinajstić information content (AvgIpc) is 2.43. The average molecular weight is 200 g/mol. The van der Waals surface area contributed by atoms with Gasteiger partial charge >= 0.3 is 5.82 Å². The highest BCUT2D eigenvalue weighted by Crippen LogP contribution is 2.12. The smallest absolute Gasteiger partial charge is 0.356 e. The van der Waals surface area contributed by atoms with Crippen LogP contribution in [0.1, 0.15) is 11.5 Å². The van der Waals surface area contributed by atoms with E-state index in [1.54, 1.807) is 6.92 Å². The Hall–Kier alpha value is -1.54. The van der Waals surface area contributed by atoms with Gasteiger partial charge in [0.1, 0.15) is 0 Å². The number of H-pyrrole nitrogens is 1. The molecule has 1 N–H and O–H groups in total. The number of hydrogen-bond donors (Lipinski definition) is 1. The van der Waals surface area contributed by atoms with E-state index in [1.165, 1.54) is 0 Å². The second kappa shape index (κ2) is 3.92. The van der Waals surface area contributed by atoms with E-state index in [-0.39, 0.29) is 17.4 Å². The monoisotopic (exact) mass is 199 g/mol. The molecule has 0 radical (unpaired) electrons. The van der Waals surface area contributed by atoms with E-state index >= 15 is 0 Å². The van der Waals surface area contributed by atoms with Crippen LogP contribution in [0, 0.1) is 28.9 Å². The van der Waals surface area contributed by atoms with Gasteiger partial charge in [-0.25, -0.2) is 4.98 Å². The van der Waals surface area contributed by atoms with Crippen molar-refractivity contribution < 1.29 is 4.92 Å². The molecule has 6 heteroatoms. The molecule has 68 valence electrons. The quantitative estimate of drug-likeness (QED) is 0.320. The Bertz CT molecular complexity index is 388. The predicted octanol–water partition coefficient (Wildman–Crippen LogP) is 1.22. The van der Waals surface area contributed by atoms with Crippen molar-refractivity contribution in [3.05, 3.63) is 21.6 Å². The molecule has 13 heavy (non-hydrogen) atoms. The van der Waals surface area contributed by atoms with Gasteiger partial charge in [-0.3, -0.25) is 0 Å². The Morgan fingerprint density at radius 3 is 3.00 bits per heavy atom. The van der Waals surface area contributed by atoms with Gasteiger partial charge in [0.25, 0.3) is 0 Å². The molecule has 0 aliphatic rings. The summed E-state index contributed by atoms with van der Waals surface area (Å²) < 4.78 is 0. The lowest BCUT2D eigenvalue weighted by Gasteiger charge is -1.87. The maximum absolute atomic E-state index is 10.4. The molecule has 0 atom stereocenters. The topological polar surface area (TPSA) is 71.8 Å². The molecule has 1 aromatic rings. The Kier molecular flexibility index (Phi) is 2.88. The lowest BCUT2D eigenvalue weighted by Crippen LogP contribution is -1.90. The molecule has 0 saturated heterocycles. The van der Waals surface area contributed by atoms with Crippen LogP contribution in [0.15, 0.2) is 0 Å². The summed E-state index contributed by atoms with van der Waals surface area (Å²) in [6.45, 7) is 1.62. The summed E-state index contributed by atoms with van der Waals surface area (Å²) in [6, 6.07) is 0. The number of alkyl halides is 1. The van der Waals surface area contributed by atoms with Crippen molar-refractivity contribution in [2.24, 2.45) is 0 Å². The van der Waals surface area contributed by atoms with E-state index < -0.39 is 4.92 Å². The fourth-order valence-electron chi connectivity index (χ4n) is 0.816. The van der Waals surface area contributed by atoms with Crippen molar-refractivity contribution in [3.8, 4) is 11.8 Å². The van der Waals surface area contributed by atoms with Crippen LogP contribution in [-0.2, 0) is 0 Å². The summed E-state index contributed by atoms with van der Waals surface area (Å²) in [5.41, 5.74) is 0.128. The number of halogens is 1. The molecular weight excluding hydrogens is 194 g/mol. The number of aromatic nitrogens is 2. The molecule has 0 fully saturated rings. The molecule has 5 nitrogen and oxygen atoms in total. The summed E-state index contributed by atoms with van der Waals surface area (Å²) >= 11 is 5.31. The fraction of sp³-hybridized carbons (Fsp3) is 0.286. The van der Waals surface area contributed by atoms with Crippen molar-refractivity contribution in [2.75, 3.05) is 5.88 Å². The highest BCUT2D eigenvalue weighted by molar-refractivity contribution is 6.19. The number of nitro groups is 1. The predicted molar refractivity (Wildman–Crippen MR) is 47.6 cm³/mol. The Morgan fingerprint density at radius 1 is 1.77 bits per heavy atom. The van der Waals surface area contributed by atoms with Gasteiger partial charge in [0.15, 0.2) is 5.82 Å². The third-order valence-corrected chi connectivity index (χ3v) is 1.39. The molecule has 0 spiro atoms. The van der Waals surface area contributed by atoms with Crippen LogP contribution in [0.2, 0.25) is 0 Å². The number of nitrogens with one attached hydrogen (secondary N) is 1. The first-order chi connectivity index (χ1) is 6.15. The second-order valence-corrected chi connectivity index (χ2v) is 2.48. The van der Waals surface area contributed by atoms with Gasteiger partial charge in [-0.2, -0.15) is 4.98 Å². The van der Waals surface area contributed by atoms with Crippen molar-refractivity contribution in [3.63, 3.8) is 0 Å². The summed E-state index contributed by atoms with van der Waals surface area (Å²) in [7, 11) is 0. The number of aromatic amines is 1. The number of imidazole rings is 1. The van der Waals surface area contributed by atoms with Gasteiger partial charge in [-0.05, 0) is 10.8 Å². The first kappa shape index (κ1) is 9.55. The summed E-state index contributed by atoms with van der Waals surface area (Å²) in [5.74, 6) is 5.41. The van der Waals surface area contributed by atoms with Gasteiger partial charge in [0.05, 0.1) is 5.88 Å². The first-order valence-electron chi connectivity index (χ1n) is 3.41. The minimum absolute atomic E-state index is 0.128. The molecule has 0 unspecified atom stereocenters. The zero-order valence-corrected chi connectivity index (χ0v) is 7.55. The first-order valence-corrected chi connectivity index (χ1v) is 3.94. The molecule has 0 bridgehead atoms. The van der Waals surface area contributed by atoms with Gasteiger partial charge in [0.2, 0.25) is 5.69 Å². The number of hydrogen-bond acceptors (Lipinski definition) is 3. The molecule has 1 aromatic heterocycles. The Labute approximate surface area is 79.3 Å². The molecule has 0 aliphatic heterocycles. The number of aryl methyl sites for hydroxylation is 1. The third kappa shape index (κ3) is 2.20. The van der Waals surface area contributed by atoms with Crippen LogP contribution < -0.4 is 0 Å². The van der Waals surface area contributed by atoms with Crippen molar-refractivity contribution in [2.45, 2.75) is 6.92 Å². The van der Waals surface area contributed by atoms with Gasteiger partial charge in [0, 0.05) is 6.92 Å². The maximum atomic E-state index is 10.4. The van der Waals surface area contributed by atoms with Gasteiger partial charge < -0.3 is 10.1 Å². The van der Waals surface area contributed by atoms with Gasteiger partial charge in [-0.15, -0.1) is 11.6 Å². The minimum Gasteiger partial charge on any atom is -0.358 e. The lowest BCUT2D eigenvalue weighted by molar-refractivity contribution is -0.389. The zero-order chi connectivity index (χ0) is 9.84. The van der Waals surface area contributed by atoms with Crippen molar-refractivity contribution in [1.82, 2.24) is 9.97 Å². The molecule has 0 aromatic carbocycles. The normalized spacial score (nSPS) is 9.08. The zero-order valence-electron chi connectivity index (χ0n) is 6.80. The largest absolute Gasteiger partial charge is 0.358 e. The van der Waals surface area contributed by atoms with Crippen LogP contribution >= 0.6 is 11.6 Å². The highest BCUT2D eigenvalue weighted by atomic mass is 35.5. The second-order valence-electron chi connectivity index (χ2n) is 2.21. The number of rotatable bonds is 1. The molecule has 0 amide bonds. The standard InChI is InChI=1S/C7H6ClN3O2/c1-5-9-6(3-2-4-8)7(10-5)11(12)13/h4H2,1H3,(H,9,10). The fourth-order valence-corrected chi connectivity index (χ4v) is 0.882. The Balaban J connectivity index is 3.12. The summed E-state index contributed by atoms with van der Waals surface area (Å²) in [4.78, 5) is 16.2. The van der Waals surface area contributed by atoms with Crippen LogP contribution in [-0.4, -0.2) is 20.8 Å². The van der Waals surface area contributed by atoms with E-state index in [0.717, 1.165) is 0 Å². The van der Waals surface area contributed by atoms with E-state index in [4.69, 9.17) is 11.6 Å². The van der Waals surface area contributed by atoms with E-state index in [2.05, 4.69) is 21.8 Å². The Morgan fingerprint density at radius 2 is 2.46 bits per heavy atom. The molecular formula is C7H6ClN3O2. The van der Waals surface area contributed by atoms with Gasteiger partial charge in [-0.1, -0.05) is 5.92 Å². The third-order valence-electron chi connectivity index (χ3n) is 1.26. The molecule has 1 heterocycles. The van der Waals surface area contributed by atoms with Crippen LogP contribution in [0.25, 0.3) is 0 Å². The SMILES string of the molecule is Cc1nc(C#CCCl)c([N+](=O)[O-])[nH]1. The van der Waals surface area contributed by atoms with E-state index in [9.17, 15) is 10.1 Å².